The zero-order chi connectivity index (χ0) is 16.4. The van der Waals surface area contributed by atoms with Crippen molar-refractivity contribution >= 4 is 0 Å². The summed E-state index contributed by atoms with van der Waals surface area (Å²) < 4.78 is 1.91. The standard InChI is InChI=1S/C19H27N3O/c1-13-8-9-16-6-4-5-7-17(16)19(13)20-12-18-14(2)21-22(10-11-23)15(18)3/h4-7,13,19-20,23H,8-12H2,1-3H3. The van der Waals surface area contributed by atoms with Crippen LogP contribution in [0.5, 0.6) is 0 Å². The highest BCUT2D eigenvalue weighted by Gasteiger charge is 2.26. The minimum atomic E-state index is 0.127. The van der Waals surface area contributed by atoms with Crippen molar-refractivity contribution in [1.82, 2.24) is 15.1 Å². The van der Waals surface area contributed by atoms with Crippen LogP contribution in [-0.4, -0.2) is 21.5 Å². The van der Waals surface area contributed by atoms with Crippen LogP contribution in [-0.2, 0) is 19.5 Å². The highest BCUT2D eigenvalue weighted by atomic mass is 16.3. The largest absolute Gasteiger partial charge is 0.394 e. The van der Waals surface area contributed by atoms with Crippen LogP contribution in [0.1, 0.15) is 47.5 Å². The van der Waals surface area contributed by atoms with Crippen molar-refractivity contribution in [3.05, 3.63) is 52.3 Å². The van der Waals surface area contributed by atoms with Gasteiger partial charge in [0, 0.05) is 23.8 Å². The fourth-order valence-electron chi connectivity index (χ4n) is 3.75. The molecule has 1 aliphatic carbocycles. The van der Waals surface area contributed by atoms with Crippen molar-refractivity contribution < 1.29 is 5.11 Å². The molecule has 23 heavy (non-hydrogen) atoms. The first-order valence-electron chi connectivity index (χ1n) is 8.56. The maximum absolute atomic E-state index is 9.15. The lowest BCUT2D eigenvalue weighted by Crippen LogP contribution is -2.31. The molecule has 2 atom stereocenters. The lowest BCUT2D eigenvalue weighted by Gasteiger charge is -2.32. The zero-order valence-electron chi connectivity index (χ0n) is 14.3. The van der Waals surface area contributed by atoms with Crippen molar-refractivity contribution in [1.29, 1.82) is 0 Å². The Balaban J connectivity index is 1.78. The molecule has 0 bridgehead atoms. The summed E-state index contributed by atoms with van der Waals surface area (Å²) in [6.45, 7) is 7.99. The van der Waals surface area contributed by atoms with E-state index in [2.05, 4.69) is 55.5 Å². The van der Waals surface area contributed by atoms with E-state index in [1.165, 1.54) is 29.5 Å². The van der Waals surface area contributed by atoms with Gasteiger partial charge in [0.05, 0.1) is 18.8 Å². The summed E-state index contributed by atoms with van der Waals surface area (Å²) in [6, 6.07) is 9.20. The van der Waals surface area contributed by atoms with Crippen molar-refractivity contribution in [2.75, 3.05) is 6.61 Å². The van der Waals surface area contributed by atoms with Gasteiger partial charge in [-0.2, -0.15) is 5.10 Å². The number of benzene rings is 1. The van der Waals surface area contributed by atoms with Crippen molar-refractivity contribution in [2.24, 2.45) is 5.92 Å². The van der Waals surface area contributed by atoms with Gasteiger partial charge >= 0.3 is 0 Å². The minimum Gasteiger partial charge on any atom is -0.394 e. The van der Waals surface area contributed by atoms with Gasteiger partial charge in [-0.25, -0.2) is 0 Å². The first-order valence-corrected chi connectivity index (χ1v) is 8.56. The smallest absolute Gasteiger partial charge is 0.0644 e. The molecule has 0 radical (unpaired) electrons. The maximum Gasteiger partial charge on any atom is 0.0644 e. The van der Waals surface area contributed by atoms with Crippen molar-refractivity contribution in [3.8, 4) is 0 Å². The van der Waals surface area contributed by atoms with Crippen LogP contribution < -0.4 is 5.32 Å². The van der Waals surface area contributed by atoms with Crippen molar-refractivity contribution in [3.63, 3.8) is 0 Å². The topological polar surface area (TPSA) is 50.1 Å². The fraction of sp³-hybridized carbons (Fsp3) is 0.526. The van der Waals surface area contributed by atoms with Gasteiger partial charge in [0.2, 0.25) is 0 Å². The zero-order valence-corrected chi connectivity index (χ0v) is 14.3. The van der Waals surface area contributed by atoms with Crippen LogP contribution in [0.2, 0.25) is 0 Å². The molecule has 1 aromatic heterocycles. The monoisotopic (exact) mass is 313 g/mol. The molecular formula is C19H27N3O. The predicted molar refractivity (Wildman–Crippen MR) is 92.3 cm³/mol. The Bertz CT molecular complexity index is 677. The maximum atomic E-state index is 9.15. The van der Waals surface area contributed by atoms with Crippen LogP contribution in [0.4, 0.5) is 0 Å². The Hall–Kier alpha value is -1.65. The average molecular weight is 313 g/mol. The molecule has 0 spiro atoms. The van der Waals surface area contributed by atoms with E-state index in [0.717, 1.165) is 17.9 Å². The molecule has 4 nitrogen and oxygen atoms in total. The molecule has 0 saturated carbocycles. The lowest BCUT2D eigenvalue weighted by atomic mass is 9.80. The Morgan fingerprint density at radius 1 is 1.30 bits per heavy atom. The third-order valence-corrected chi connectivity index (χ3v) is 5.17. The van der Waals surface area contributed by atoms with Gasteiger partial charge in [-0.15, -0.1) is 0 Å². The summed E-state index contributed by atoms with van der Waals surface area (Å²) in [5, 5.41) is 17.5. The summed E-state index contributed by atoms with van der Waals surface area (Å²) in [5.74, 6) is 0.637. The van der Waals surface area contributed by atoms with Crippen LogP contribution in [0.3, 0.4) is 0 Å². The molecule has 4 heteroatoms. The van der Waals surface area contributed by atoms with Gasteiger partial charge in [-0.1, -0.05) is 31.2 Å². The summed E-state index contributed by atoms with van der Waals surface area (Å²) >= 11 is 0. The average Bonchev–Trinajstić information content (AvgIpc) is 2.81. The van der Waals surface area contributed by atoms with E-state index in [9.17, 15) is 0 Å². The van der Waals surface area contributed by atoms with Gasteiger partial charge in [-0.3, -0.25) is 4.68 Å². The molecular weight excluding hydrogens is 286 g/mol. The molecule has 0 amide bonds. The number of rotatable bonds is 5. The number of aliphatic hydroxyl groups excluding tert-OH is 1. The van der Waals surface area contributed by atoms with Crippen LogP contribution in [0.25, 0.3) is 0 Å². The van der Waals surface area contributed by atoms with Crippen LogP contribution in [0.15, 0.2) is 24.3 Å². The number of hydrogen-bond acceptors (Lipinski definition) is 3. The van der Waals surface area contributed by atoms with E-state index in [0.29, 0.717) is 18.5 Å². The highest BCUT2D eigenvalue weighted by Crippen LogP contribution is 2.34. The molecule has 0 aliphatic heterocycles. The SMILES string of the molecule is Cc1nn(CCO)c(C)c1CNC1c2ccccc2CCC1C. The van der Waals surface area contributed by atoms with Gasteiger partial charge < -0.3 is 10.4 Å². The number of aryl methyl sites for hydroxylation is 2. The Labute approximate surface area is 138 Å². The second kappa shape index (κ2) is 6.85. The van der Waals surface area contributed by atoms with Gasteiger partial charge in [0.1, 0.15) is 0 Å². The first kappa shape index (κ1) is 16.2. The normalized spacial score (nSPS) is 20.5. The second-order valence-electron chi connectivity index (χ2n) is 6.67. The molecule has 0 fully saturated rings. The van der Waals surface area contributed by atoms with E-state index in [1.807, 2.05) is 4.68 Å². The van der Waals surface area contributed by atoms with Crippen LogP contribution in [0, 0.1) is 19.8 Å². The molecule has 2 aromatic rings. The third-order valence-electron chi connectivity index (χ3n) is 5.17. The number of hydrogen-bond donors (Lipinski definition) is 2. The summed E-state index contributed by atoms with van der Waals surface area (Å²) in [5.41, 5.74) is 6.39. The molecule has 124 valence electrons. The van der Waals surface area contributed by atoms with E-state index in [-0.39, 0.29) is 6.61 Å². The Kier molecular flexibility index (Phi) is 4.83. The third kappa shape index (κ3) is 3.19. The second-order valence-corrected chi connectivity index (χ2v) is 6.67. The summed E-state index contributed by atoms with van der Waals surface area (Å²) in [7, 11) is 0. The Morgan fingerprint density at radius 3 is 2.87 bits per heavy atom. The number of nitrogens with zero attached hydrogens (tertiary/aromatic N) is 2. The Morgan fingerprint density at radius 2 is 2.09 bits per heavy atom. The highest BCUT2D eigenvalue weighted by molar-refractivity contribution is 5.33. The fourth-order valence-corrected chi connectivity index (χ4v) is 3.75. The quantitative estimate of drug-likeness (QED) is 0.892. The number of nitrogens with one attached hydrogen (secondary N) is 1. The minimum absolute atomic E-state index is 0.127. The molecule has 2 N–H and O–H groups in total. The molecule has 1 aliphatic rings. The van der Waals surface area contributed by atoms with E-state index < -0.39 is 0 Å². The van der Waals surface area contributed by atoms with Gasteiger partial charge in [-0.05, 0) is 43.7 Å². The molecule has 2 unspecified atom stereocenters. The first-order chi connectivity index (χ1) is 11.1. The number of fused-ring (bicyclic) bond motifs is 1. The number of aliphatic hydroxyl groups is 1. The molecule has 1 aromatic carbocycles. The predicted octanol–water partition coefficient (Wildman–Crippen LogP) is 2.91. The molecule has 1 heterocycles. The summed E-state index contributed by atoms with van der Waals surface area (Å²) in [6.07, 6.45) is 2.42. The van der Waals surface area contributed by atoms with Gasteiger partial charge in [0.25, 0.3) is 0 Å². The molecule has 3 rings (SSSR count). The molecule has 0 saturated heterocycles. The van der Waals surface area contributed by atoms with E-state index in [1.54, 1.807) is 0 Å². The summed E-state index contributed by atoms with van der Waals surface area (Å²) in [4.78, 5) is 0. The van der Waals surface area contributed by atoms with Gasteiger partial charge in [0.15, 0.2) is 0 Å². The van der Waals surface area contributed by atoms with Crippen molar-refractivity contribution in [2.45, 2.75) is 52.7 Å². The lowest BCUT2D eigenvalue weighted by molar-refractivity contribution is 0.267. The van der Waals surface area contributed by atoms with E-state index >= 15 is 0 Å². The number of aromatic nitrogens is 2. The van der Waals surface area contributed by atoms with E-state index in [4.69, 9.17) is 5.11 Å². The van der Waals surface area contributed by atoms with Crippen LogP contribution >= 0.6 is 0 Å².